The Kier molecular flexibility index (Phi) is 4.30. The first-order valence-corrected chi connectivity index (χ1v) is 5.48. The van der Waals surface area contributed by atoms with E-state index < -0.39 is 35.3 Å². The van der Waals surface area contributed by atoms with Gasteiger partial charge in [0.15, 0.2) is 0 Å². The van der Waals surface area contributed by atoms with Crippen LogP contribution in [-0.4, -0.2) is 29.7 Å². The van der Waals surface area contributed by atoms with Crippen molar-refractivity contribution in [1.29, 1.82) is 0 Å². The molecule has 0 bridgehead atoms. The van der Waals surface area contributed by atoms with Gasteiger partial charge in [0.25, 0.3) is 0 Å². The Hall–Kier alpha value is -1.74. The van der Waals surface area contributed by atoms with Gasteiger partial charge >= 0.3 is 23.9 Å². The molecule has 0 saturated carbocycles. The monoisotopic (exact) mass is 338 g/mol. The smallest absolute Gasteiger partial charge is 0.287 e. The maximum Gasteiger partial charge on any atom is 0.460 e. The molecule has 0 atom stereocenters. The maximum absolute atomic E-state index is 13.3. The van der Waals surface area contributed by atoms with Crippen LogP contribution in [0, 0.1) is 6.92 Å². The summed E-state index contributed by atoms with van der Waals surface area (Å²) < 4.78 is 114. The topological polar surface area (TPSA) is 17.1 Å². The summed E-state index contributed by atoms with van der Waals surface area (Å²) in [5.41, 5.74) is -0.694. The molecular formula is C12H7F9O. The van der Waals surface area contributed by atoms with Crippen molar-refractivity contribution in [2.24, 2.45) is 0 Å². The molecule has 0 aromatic heterocycles. The van der Waals surface area contributed by atoms with Crippen LogP contribution in [-0.2, 0) is 0 Å². The molecule has 0 saturated heterocycles. The molecule has 1 rings (SSSR count). The van der Waals surface area contributed by atoms with Crippen LogP contribution in [0.15, 0.2) is 24.3 Å². The van der Waals surface area contributed by atoms with Crippen LogP contribution in [0.1, 0.15) is 15.9 Å². The van der Waals surface area contributed by atoms with E-state index in [1.807, 2.05) is 0 Å². The highest BCUT2D eigenvalue weighted by molar-refractivity contribution is 6.02. The molecule has 1 aromatic rings. The van der Waals surface area contributed by atoms with Gasteiger partial charge in [0, 0.05) is 5.56 Å². The van der Waals surface area contributed by atoms with E-state index in [0.29, 0.717) is 17.7 Å². The molecule has 1 aromatic carbocycles. The maximum atomic E-state index is 13.3. The summed E-state index contributed by atoms with van der Waals surface area (Å²) in [6, 6.07) is 3.30. The van der Waals surface area contributed by atoms with Crippen molar-refractivity contribution < 1.29 is 44.3 Å². The van der Waals surface area contributed by atoms with Crippen molar-refractivity contribution in [3.63, 3.8) is 0 Å². The number of Topliss-reactive ketones (excluding diaryl/α,β-unsaturated/α-hetero) is 1. The SMILES string of the molecule is Cc1ccc(C(=O)C(F)(F)C(F)(F)C(F)(F)C(F)(F)F)cc1. The Labute approximate surface area is 117 Å². The highest BCUT2D eigenvalue weighted by atomic mass is 19.4. The largest absolute Gasteiger partial charge is 0.460 e. The number of hydrogen-bond acceptors (Lipinski definition) is 1. The van der Waals surface area contributed by atoms with Crippen LogP contribution in [0.5, 0.6) is 0 Å². The number of benzene rings is 1. The molecule has 0 aliphatic rings. The van der Waals surface area contributed by atoms with Crippen LogP contribution in [0.4, 0.5) is 39.5 Å². The summed E-state index contributed by atoms with van der Waals surface area (Å²) in [5.74, 6) is -23.1. The van der Waals surface area contributed by atoms with Crippen molar-refractivity contribution >= 4 is 5.78 Å². The van der Waals surface area contributed by atoms with Crippen LogP contribution in [0.2, 0.25) is 0 Å². The van der Waals surface area contributed by atoms with Gasteiger partial charge in [-0.25, -0.2) is 0 Å². The lowest BCUT2D eigenvalue weighted by Crippen LogP contribution is -2.63. The van der Waals surface area contributed by atoms with Crippen LogP contribution in [0.25, 0.3) is 0 Å². The van der Waals surface area contributed by atoms with Crippen LogP contribution >= 0.6 is 0 Å². The van der Waals surface area contributed by atoms with E-state index in [4.69, 9.17) is 0 Å². The third-order valence-corrected chi connectivity index (χ3v) is 2.74. The quantitative estimate of drug-likeness (QED) is 0.577. The van der Waals surface area contributed by atoms with E-state index in [0.717, 1.165) is 12.1 Å². The average molecular weight is 338 g/mol. The lowest BCUT2D eigenvalue weighted by Gasteiger charge is -2.32. The molecular weight excluding hydrogens is 331 g/mol. The molecule has 10 heteroatoms. The van der Waals surface area contributed by atoms with Crippen molar-refractivity contribution in [2.45, 2.75) is 30.9 Å². The van der Waals surface area contributed by atoms with E-state index in [1.165, 1.54) is 6.92 Å². The summed E-state index contributed by atoms with van der Waals surface area (Å²) in [5, 5.41) is 0. The highest BCUT2D eigenvalue weighted by Gasteiger charge is 2.83. The number of rotatable bonds is 4. The fraction of sp³-hybridized carbons (Fsp3) is 0.417. The third-order valence-electron chi connectivity index (χ3n) is 2.74. The molecule has 0 heterocycles. The van der Waals surface area contributed by atoms with E-state index in [2.05, 4.69) is 0 Å². The van der Waals surface area contributed by atoms with Crippen LogP contribution in [0.3, 0.4) is 0 Å². The van der Waals surface area contributed by atoms with Crippen molar-refractivity contribution in [2.75, 3.05) is 0 Å². The highest BCUT2D eigenvalue weighted by Crippen LogP contribution is 2.53. The first kappa shape index (κ1) is 18.3. The molecule has 0 radical (unpaired) electrons. The summed E-state index contributed by atoms with van der Waals surface area (Å²) >= 11 is 0. The zero-order chi connectivity index (χ0) is 17.6. The Morgan fingerprint density at radius 1 is 0.773 bits per heavy atom. The summed E-state index contributed by atoms with van der Waals surface area (Å²) in [7, 11) is 0. The minimum Gasteiger partial charge on any atom is -0.287 e. The second kappa shape index (κ2) is 5.17. The number of carbonyl (C=O) groups excluding carboxylic acids is 1. The van der Waals surface area contributed by atoms with Gasteiger partial charge in [0.05, 0.1) is 0 Å². The molecule has 0 aliphatic heterocycles. The fourth-order valence-electron chi connectivity index (χ4n) is 1.40. The number of alkyl halides is 9. The predicted molar refractivity (Wildman–Crippen MR) is 56.4 cm³/mol. The number of aryl methyl sites for hydroxylation is 1. The van der Waals surface area contributed by atoms with E-state index >= 15 is 0 Å². The average Bonchev–Trinajstić information content (AvgIpc) is 2.37. The van der Waals surface area contributed by atoms with Gasteiger partial charge in [-0.2, -0.15) is 39.5 Å². The normalized spacial score (nSPS) is 14.1. The Balaban J connectivity index is 3.32. The zero-order valence-corrected chi connectivity index (χ0v) is 10.6. The van der Waals surface area contributed by atoms with Gasteiger partial charge in [-0.3, -0.25) is 4.79 Å². The van der Waals surface area contributed by atoms with E-state index in [1.54, 1.807) is 0 Å². The molecule has 0 spiro atoms. The number of ketones is 1. The Morgan fingerprint density at radius 2 is 1.18 bits per heavy atom. The van der Waals surface area contributed by atoms with Gasteiger partial charge in [0.1, 0.15) is 0 Å². The molecule has 0 amide bonds. The van der Waals surface area contributed by atoms with Gasteiger partial charge in [-0.1, -0.05) is 29.8 Å². The number of hydrogen-bond donors (Lipinski definition) is 0. The Morgan fingerprint density at radius 3 is 1.55 bits per heavy atom. The van der Waals surface area contributed by atoms with Gasteiger partial charge in [0.2, 0.25) is 5.78 Å². The standard InChI is InChI=1S/C12H7F9O/c1-6-2-4-7(5-3-6)8(22)9(13,14)10(15,16)11(17,18)12(19,20)21/h2-5H,1H3. The second-order valence-electron chi connectivity index (χ2n) is 4.42. The zero-order valence-electron chi connectivity index (χ0n) is 10.6. The Bertz CT molecular complexity index is 557. The summed E-state index contributed by atoms with van der Waals surface area (Å²) in [6.45, 7) is 1.44. The first-order valence-electron chi connectivity index (χ1n) is 5.48. The van der Waals surface area contributed by atoms with Gasteiger partial charge < -0.3 is 0 Å². The van der Waals surface area contributed by atoms with Gasteiger partial charge in [-0.05, 0) is 6.92 Å². The second-order valence-corrected chi connectivity index (χ2v) is 4.42. The minimum absolute atomic E-state index is 0.423. The van der Waals surface area contributed by atoms with Crippen molar-refractivity contribution in [1.82, 2.24) is 0 Å². The lowest BCUT2D eigenvalue weighted by molar-refractivity contribution is -0.386. The molecule has 1 nitrogen and oxygen atoms in total. The van der Waals surface area contributed by atoms with Crippen molar-refractivity contribution in [3.8, 4) is 0 Å². The molecule has 0 aliphatic carbocycles. The first-order chi connectivity index (χ1) is 9.66. The summed E-state index contributed by atoms with van der Waals surface area (Å²) in [6.07, 6.45) is -6.95. The minimum atomic E-state index is -7.08. The number of carbonyl (C=O) groups is 1. The molecule has 124 valence electrons. The third kappa shape index (κ3) is 2.66. The summed E-state index contributed by atoms with van der Waals surface area (Å²) in [4.78, 5) is 11.3. The predicted octanol–water partition coefficient (Wildman–Crippen LogP) is 4.65. The lowest BCUT2D eigenvalue weighted by atomic mass is 9.95. The molecule has 0 N–H and O–H groups in total. The van der Waals surface area contributed by atoms with E-state index in [9.17, 15) is 44.3 Å². The van der Waals surface area contributed by atoms with Gasteiger partial charge in [-0.15, -0.1) is 0 Å². The molecule has 22 heavy (non-hydrogen) atoms. The molecule has 0 fully saturated rings. The number of halogens is 9. The van der Waals surface area contributed by atoms with Crippen LogP contribution < -0.4 is 0 Å². The van der Waals surface area contributed by atoms with E-state index in [-0.39, 0.29) is 0 Å². The van der Waals surface area contributed by atoms with Crippen molar-refractivity contribution in [3.05, 3.63) is 35.4 Å². The molecule has 0 unspecified atom stereocenters. The fourth-order valence-corrected chi connectivity index (χ4v) is 1.40.